The molecule has 2 saturated heterocycles. The Balaban J connectivity index is 0.00000192. The van der Waals surface area contributed by atoms with Crippen LogP contribution in [0.4, 0.5) is 4.39 Å². The first-order chi connectivity index (χ1) is 10.2. The molecule has 1 amide bonds. The SMILES string of the molecule is Cc1cc(F)ccc1[C@]12CC[C@H](C(C)(C)O)N1C(=O)[C@@H](N)C2.Cl. The Morgan fingerprint density at radius 3 is 2.65 bits per heavy atom. The lowest BCUT2D eigenvalue weighted by Crippen LogP contribution is -2.52. The zero-order valence-electron chi connectivity index (χ0n) is 13.7. The van der Waals surface area contributed by atoms with Crippen molar-refractivity contribution in [3.05, 3.63) is 35.1 Å². The fourth-order valence-corrected chi connectivity index (χ4v) is 4.31. The molecule has 0 aliphatic carbocycles. The highest BCUT2D eigenvalue weighted by molar-refractivity contribution is 5.86. The van der Waals surface area contributed by atoms with E-state index in [0.717, 1.165) is 24.0 Å². The number of hydrogen-bond donors (Lipinski definition) is 2. The monoisotopic (exact) mass is 342 g/mol. The van der Waals surface area contributed by atoms with Crippen LogP contribution in [0.2, 0.25) is 0 Å². The van der Waals surface area contributed by atoms with E-state index < -0.39 is 17.2 Å². The van der Waals surface area contributed by atoms with Gasteiger partial charge in [0.25, 0.3) is 0 Å². The van der Waals surface area contributed by atoms with E-state index in [4.69, 9.17) is 5.73 Å². The molecule has 3 atom stereocenters. The summed E-state index contributed by atoms with van der Waals surface area (Å²) in [4.78, 5) is 14.4. The summed E-state index contributed by atoms with van der Waals surface area (Å²) in [5, 5.41) is 10.4. The van der Waals surface area contributed by atoms with E-state index in [-0.39, 0.29) is 30.2 Å². The average molecular weight is 343 g/mol. The lowest BCUT2D eigenvalue weighted by molar-refractivity contribution is -0.138. The first-order valence-corrected chi connectivity index (χ1v) is 7.74. The molecule has 0 spiro atoms. The Morgan fingerprint density at radius 1 is 1.43 bits per heavy atom. The zero-order chi connectivity index (χ0) is 16.3. The van der Waals surface area contributed by atoms with Crippen LogP contribution >= 0.6 is 12.4 Å². The number of benzene rings is 1. The van der Waals surface area contributed by atoms with Crippen molar-refractivity contribution in [3.8, 4) is 0 Å². The molecule has 2 aliphatic heterocycles. The molecule has 6 heteroatoms. The van der Waals surface area contributed by atoms with Gasteiger partial charge in [0.1, 0.15) is 5.82 Å². The maximum atomic E-state index is 13.5. The van der Waals surface area contributed by atoms with E-state index >= 15 is 0 Å². The number of amides is 1. The van der Waals surface area contributed by atoms with Crippen molar-refractivity contribution in [2.75, 3.05) is 0 Å². The van der Waals surface area contributed by atoms with Gasteiger partial charge in [0.15, 0.2) is 0 Å². The number of aliphatic hydroxyl groups is 1. The maximum absolute atomic E-state index is 13.5. The van der Waals surface area contributed by atoms with Gasteiger partial charge in [0.2, 0.25) is 5.91 Å². The molecule has 2 aliphatic rings. The Bertz CT molecular complexity index is 632. The number of aryl methyl sites for hydroxylation is 1. The van der Waals surface area contributed by atoms with Crippen LogP contribution in [-0.4, -0.2) is 33.6 Å². The van der Waals surface area contributed by atoms with E-state index in [0.29, 0.717) is 6.42 Å². The van der Waals surface area contributed by atoms with Gasteiger partial charge in [-0.2, -0.15) is 0 Å². The van der Waals surface area contributed by atoms with Gasteiger partial charge in [-0.05, 0) is 63.3 Å². The fraction of sp³-hybridized carbons (Fsp3) is 0.588. The predicted molar refractivity (Wildman–Crippen MR) is 88.8 cm³/mol. The van der Waals surface area contributed by atoms with Crippen LogP contribution in [0.15, 0.2) is 18.2 Å². The van der Waals surface area contributed by atoms with Crippen molar-refractivity contribution in [1.82, 2.24) is 4.90 Å². The quantitative estimate of drug-likeness (QED) is 0.866. The molecule has 0 radical (unpaired) electrons. The van der Waals surface area contributed by atoms with Gasteiger partial charge in [-0.25, -0.2) is 4.39 Å². The van der Waals surface area contributed by atoms with Crippen molar-refractivity contribution >= 4 is 18.3 Å². The molecule has 0 saturated carbocycles. The third kappa shape index (κ3) is 2.65. The van der Waals surface area contributed by atoms with Crippen molar-refractivity contribution in [3.63, 3.8) is 0 Å². The second-order valence-corrected chi connectivity index (χ2v) is 7.22. The minimum atomic E-state index is -0.991. The molecule has 2 heterocycles. The highest BCUT2D eigenvalue weighted by Crippen LogP contribution is 2.52. The second kappa shape index (κ2) is 5.72. The van der Waals surface area contributed by atoms with Crippen molar-refractivity contribution < 1.29 is 14.3 Å². The highest BCUT2D eigenvalue weighted by Gasteiger charge is 2.59. The molecule has 3 rings (SSSR count). The number of carbonyl (C=O) groups is 1. The number of nitrogens with two attached hydrogens (primary N) is 1. The van der Waals surface area contributed by atoms with E-state index in [9.17, 15) is 14.3 Å². The summed E-state index contributed by atoms with van der Waals surface area (Å²) in [6.07, 6.45) is 1.98. The number of halogens is 2. The molecule has 1 aromatic carbocycles. The van der Waals surface area contributed by atoms with E-state index in [1.807, 2.05) is 6.92 Å². The minimum Gasteiger partial charge on any atom is -0.388 e. The first kappa shape index (κ1) is 18.2. The standard InChI is InChI=1S/C17H23FN2O2.ClH/c1-10-8-11(18)4-5-12(10)17-7-6-14(16(2,3)22)20(17)15(21)13(19)9-17;/h4-5,8,13-14,22H,6-7,9,19H2,1-3H3;1H/t13-,14+,17+;/m0./s1. The fourth-order valence-electron chi connectivity index (χ4n) is 4.31. The summed E-state index contributed by atoms with van der Waals surface area (Å²) in [5.41, 5.74) is 6.29. The van der Waals surface area contributed by atoms with Gasteiger partial charge in [-0.1, -0.05) is 6.07 Å². The topological polar surface area (TPSA) is 66.6 Å². The summed E-state index contributed by atoms with van der Waals surface area (Å²) in [6.45, 7) is 5.31. The van der Waals surface area contributed by atoms with E-state index in [2.05, 4.69) is 0 Å². The van der Waals surface area contributed by atoms with Crippen LogP contribution in [0, 0.1) is 12.7 Å². The number of rotatable bonds is 2. The van der Waals surface area contributed by atoms with E-state index in [1.165, 1.54) is 12.1 Å². The molecule has 0 aromatic heterocycles. The minimum absolute atomic E-state index is 0. The predicted octanol–water partition coefficient (Wildman–Crippen LogP) is 2.24. The van der Waals surface area contributed by atoms with Crippen LogP contribution in [0.1, 0.15) is 44.2 Å². The Labute approximate surface area is 142 Å². The van der Waals surface area contributed by atoms with Crippen molar-refractivity contribution in [2.45, 2.75) is 63.3 Å². The van der Waals surface area contributed by atoms with Gasteiger partial charge >= 0.3 is 0 Å². The van der Waals surface area contributed by atoms with Crippen LogP contribution in [0.25, 0.3) is 0 Å². The summed E-state index contributed by atoms with van der Waals surface area (Å²) < 4.78 is 13.5. The third-order valence-corrected chi connectivity index (χ3v) is 5.22. The molecule has 0 unspecified atom stereocenters. The number of fused-ring (bicyclic) bond motifs is 1. The summed E-state index contributed by atoms with van der Waals surface area (Å²) in [5.74, 6) is -0.400. The smallest absolute Gasteiger partial charge is 0.240 e. The first-order valence-electron chi connectivity index (χ1n) is 7.74. The molecule has 3 N–H and O–H groups in total. The molecule has 23 heavy (non-hydrogen) atoms. The van der Waals surface area contributed by atoms with Crippen LogP contribution in [0.5, 0.6) is 0 Å². The average Bonchev–Trinajstić information content (AvgIpc) is 2.87. The van der Waals surface area contributed by atoms with Crippen LogP contribution in [0.3, 0.4) is 0 Å². The van der Waals surface area contributed by atoms with Crippen LogP contribution in [-0.2, 0) is 10.3 Å². The normalized spacial score (nSPS) is 30.3. The second-order valence-electron chi connectivity index (χ2n) is 7.22. The van der Waals surface area contributed by atoms with Crippen molar-refractivity contribution in [2.24, 2.45) is 5.73 Å². The zero-order valence-corrected chi connectivity index (χ0v) is 14.5. The maximum Gasteiger partial charge on any atom is 0.240 e. The molecule has 1 aromatic rings. The van der Waals surface area contributed by atoms with Gasteiger partial charge in [0, 0.05) is 0 Å². The highest BCUT2D eigenvalue weighted by atomic mass is 35.5. The summed E-state index contributed by atoms with van der Waals surface area (Å²) in [6, 6.07) is 3.86. The Hall–Kier alpha value is -1.17. The van der Waals surface area contributed by atoms with Gasteiger partial charge in [0.05, 0.1) is 23.2 Å². The summed E-state index contributed by atoms with van der Waals surface area (Å²) >= 11 is 0. The van der Waals surface area contributed by atoms with Gasteiger partial charge in [-0.3, -0.25) is 4.79 Å². The van der Waals surface area contributed by atoms with E-state index in [1.54, 1.807) is 24.8 Å². The van der Waals surface area contributed by atoms with Gasteiger partial charge in [-0.15, -0.1) is 12.4 Å². The molecule has 4 nitrogen and oxygen atoms in total. The van der Waals surface area contributed by atoms with Crippen molar-refractivity contribution in [1.29, 1.82) is 0 Å². The third-order valence-electron chi connectivity index (χ3n) is 5.22. The molecule has 2 fully saturated rings. The lowest BCUT2D eigenvalue weighted by atomic mass is 9.82. The molecular weight excluding hydrogens is 319 g/mol. The number of nitrogens with zero attached hydrogens (tertiary/aromatic N) is 1. The molecule has 0 bridgehead atoms. The molecule has 128 valence electrons. The summed E-state index contributed by atoms with van der Waals surface area (Å²) in [7, 11) is 0. The number of carbonyl (C=O) groups excluding carboxylic acids is 1. The number of hydrogen-bond acceptors (Lipinski definition) is 3. The Morgan fingerprint density at radius 2 is 2.09 bits per heavy atom. The van der Waals surface area contributed by atoms with Crippen LogP contribution < -0.4 is 5.73 Å². The lowest BCUT2D eigenvalue weighted by Gasteiger charge is -2.40. The molecular formula is C17H24ClFN2O2. The largest absolute Gasteiger partial charge is 0.388 e. The Kier molecular flexibility index (Phi) is 4.52. The van der Waals surface area contributed by atoms with Gasteiger partial charge < -0.3 is 15.7 Å².